The highest BCUT2D eigenvalue weighted by Crippen LogP contribution is 2.20. The van der Waals surface area contributed by atoms with E-state index in [1.165, 1.54) is 6.07 Å². The summed E-state index contributed by atoms with van der Waals surface area (Å²) in [4.78, 5) is 11.6. The summed E-state index contributed by atoms with van der Waals surface area (Å²) in [5.41, 5.74) is -0.516. The van der Waals surface area contributed by atoms with Crippen LogP contribution < -0.4 is 10.5 Å². The van der Waals surface area contributed by atoms with E-state index in [0.29, 0.717) is 0 Å². The van der Waals surface area contributed by atoms with Gasteiger partial charge >= 0.3 is 6.09 Å². The molecular weight excluding hydrogens is 287 g/mol. The van der Waals surface area contributed by atoms with Crippen molar-refractivity contribution in [2.24, 2.45) is 5.14 Å². The summed E-state index contributed by atoms with van der Waals surface area (Å²) in [5.74, 6) is -1.21. The molecule has 1 rings (SSSR count). The number of hydrogen-bond acceptors (Lipinski definition) is 4. The van der Waals surface area contributed by atoms with Crippen LogP contribution in [0.5, 0.6) is 0 Å². The van der Waals surface area contributed by atoms with Crippen LogP contribution in [0.15, 0.2) is 18.2 Å². The second-order valence-electron chi connectivity index (χ2n) is 5.24. The number of rotatable bonds is 3. The molecule has 0 heterocycles. The lowest BCUT2D eigenvalue weighted by Gasteiger charge is -2.20. The molecule has 0 aliphatic carbocycles. The summed E-state index contributed by atoms with van der Waals surface area (Å²) in [7, 11) is -3.85. The van der Waals surface area contributed by atoms with E-state index in [9.17, 15) is 17.6 Å². The van der Waals surface area contributed by atoms with Crippen molar-refractivity contribution in [3.8, 4) is 0 Å². The van der Waals surface area contributed by atoms with Crippen molar-refractivity contribution >= 4 is 21.8 Å². The topological polar surface area (TPSA) is 98.5 Å². The summed E-state index contributed by atoms with van der Waals surface area (Å²) < 4.78 is 40.4. The maximum absolute atomic E-state index is 13.2. The van der Waals surface area contributed by atoms with Gasteiger partial charge in [-0.3, -0.25) is 5.32 Å². The highest BCUT2D eigenvalue weighted by molar-refractivity contribution is 7.88. The van der Waals surface area contributed by atoms with Gasteiger partial charge in [0.25, 0.3) is 0 Å². The first-order chi connectivity index (χ1) is 8.96. The van der Waals surface area contributed by atoms with Crippen molar-refractivity contribution in [1.82, 2.24) is 0 Å². The largest absolute Gasteiger partial charge is 0.444 e. The zero-order valence-electron chi connectivity index (χ0n) is 11.4. The van der Waals surface area contributed by atoms with Gasteiger partial charge in [0.15, 0.2) is 0 Å². The minimum Gasteiger partial charge on any atom is -0.444 e. The number of benzene rings is 1. The molecule has 0 atom stereocenters. The maximum Gasteiger partial charge on any atom is 0.412 e. The average molecular weight is 304 g/mol. The second-order valence-corrected chi connectivity index (χ2v) is 6.85. The highest BCUT2D eigenvalue weighted by Gasteiger charge is 2.18. The molecule has 0 aliphatic heterocycles. The van der Waals surface area contributed by atoms with Gasteiger partial charge in [0.1, 0.15) is 11.4 Å². The van der Waals surface area contributed by atoms with Gasteiger partial charge in [-0.1, -0.05) is 0 Å². The third-order valence-corrected chi connectivity index (χ3v) is 2.77. The van der Waals surface area contributed by atoms with Crippen molar-refractivity contribution < 1.29 is 22.3 Å². The first kappa shape index (κ1) is 16.4. The molecule has 6 nitrogen and oxygen atoms in total. The molecule has 0 spiro atoms. The minimum atomic E-state index is -3.85. The van der Waals surface area contributed by atoms with E-state index < -0.39 is 33.3 Å². The number of carbonyl (C=O) groups is 1. The first-order valence-corrected chi connectivity index (χ1v) is 7.47. The molecule has 0 saturated heterocycles. The summed E-state index contributed by atoms with van der Waals surface area (Å²) in [6.07, 6.45) is -0.764. The zero-order chi connectivity index (χ0) is 15.6. The van der Waals surface area contributed by atoms with Crippen LogP contribution in [0.3, 0.4) is 0 Å². The van der Waals surface area contributed by atoms with E-state index in [4.69, 9.17) is 9.88 Å². The normalized spacial score (nSPS) is 12.1. The van der Waals surface area contributed by atoms with Crippen LogP contribution in [0, 0.1) is 5.82 Å². The molecule has 20 heavy (non-hydrogen) atoms. The molecular formula is C12H17FN2O4S. The Hall–Kier alpha value is -1.67. The molecule has 3 N–H and O–H groups in total. The molecule has 0 saturated carbocycles. The average Bonchev–Trinajstić information content (AvgIpc) is 2.17. The summed E-state index contributed by atoms with van der Waals surface area (Å²) in [6, 6.07) is 3.34. The maximum atomic E-state index is 13.2. The van der Waals surface area contributed by atoms with Crippen LogP contribution >= 0.6 is 0 Å². The molecule has 0 aromatic heterocycles. The molecule has 0 bridgehead atoms. The number of nitrogens with two attached hydrogens (primary N) is 1. The molecule has 1 aromatic carbocycles. The third-order valence-electron chi connectivity index (χ3n) is 2.06. The minimum absolute atomic E-state index is 0.0540. The third kappa shape index (κ3) is 5.98. The van der Waals surface area contributed by atoms with Crippen molar-refractivity contribution in [2.45, 2.75) is 32.1 Å². The fourth-order valence-electron chi connectivity index (χ4n) is 1.43. The van der Waals surface area contributed by atoms with E-state index in [2.05, 4.69) is 5.32 Å². The smallest absolute Gasteiger partial charge is 0.412 e. The Morgan fingerprint density at radius 3 is 2.50 bits per heavy atom. The number of ether oxygens (including phenoxy) is 1. The van der Waals surface area contributed by atoms with E-state index in [-0.39, 0.29) is 11.3 Å². The number of hydrogen-bond donors (Lipinski definition) is 2. The monoisotopic (exact) mass is 304 g/mol. The quantitative estimate of drug-likeness (QED) is 0.891. The summed E-state index contributed by atoms with van der Waals surface area (Å²) in [5, 5.41) is 7.29. The van der Waals surface area contributed by atoms with Crippen molar-refractivity contribution in [3.63, 3.8) is 0 Å². The van der Waals surface area contributed by atoms with Gasteiger partial charge in [-0.15, -0.1) is 0 Å². The van der Waals surface area contributed by atoms with Crippen LogP contribution in [0.2, 0.25) is 0 Å². The lowest BCUT2D eigenvalue weighted by atomic mass is 10.2. The van der Waals surface area contributed by atoms with Gasteiger partial charge in [0.05, 0.1) is 5.75 Å². The Bertz CT molecular complexity index is 608. The van der Waals surface area contributed by atoms with Gasteiger partial charge in [-0.2, -0.15) is 0 Å². The first-order valence-electron chi connectivity index (χ1n) is 5.75. The molecule has 1 amide bonds. The standard InChI is InChI=1S/C12H17FN2O4S/c1-12(2,3)19-11(16)15-10-5-4-9(13)6-8(10)7-20(14,17)18/h4-6H,7H2,1-3H3,(H,15,16)(H2,14,17,18). The van der Waals surface area contributed by atoms with E-state index in [1.54, 1.807) is 20.8 Å². The molecule has 1 aromatic rings. The predicted octanol–water partition coefficient (Wildman–Crippen LogP) is 1.96. The number of sulfonamides is 1. The lowest BCUT2D eigenvalue weighted by Crippen LogP contribution is -2.27. The van der Waals surface area contributed by atoms with E-state index >= 15 is 0 Å². The fourth-order valence-corrected chi connectivity index (χ4v) is 2.11. The van der Waals surface area contributed by atoms with Gasteiger partial charge in [-0.05, 0) is 44.5 Å². The van der Waals surface area contributed by atoms with Crippen LogP contribution in [-0.2, 0) is 20.5 Å². The molecule has 0 aliphatic rings. The van der Waals surface area contributed by atoms with Crippen LogP contribution in [0.1, 0.15) is 26.3 Å². The van der Waals surface area contributed by atoms with Crippen molar-refractivity contribution in [2.75, 3.05) is 5.32 Å². The Morgan fingerprint density at radius 2 is 2.00 bits per heavy atom. The Balaban J connectivity index is 2.98. The number of halogens is 1. The summed E-state index contributed by atoms with van der Waals surface area (Å²) >= 11 is 0. The van der Waals surface area contributed by atoms with Gasteiger partial charge in [0, 0.05) is 5.69 Å². The lowest BCUT2D eigenvalue weighted by molar-refractivity contribution is 0.0635. The molecule has 0 fully saturated rings. The molecule has 0 radical (unpaired) electrons. The number of carbonyl (C=O) groups excluding carboxylic acids is 1. The predicted molar refractivity (Wildman–Crippen MR) is 73.1 cm³/mol. The van der Waals surface area contributed by atoms with Crippen LogP contribution in [-0.4, -0.2) is 20.1 Å². The Kier molecular flexibility index (Phi) is 4.72. The SMILES string of the molecule is CC(C)(C)OC(=O)Nc1ccc(F)cc1CS(N)(=O)=O. The highest BCUT2D eigenvalue weighted by atomic mass is 32.2. The Labute approximate surface area is 117 Å². The van der Waals surface area contributed by atoms with Crippen molar-refractivity contribution in [3.05, 3.63) is 29.6 Å². The molecule has 8 heteroatoms. The van der Waals surface area contributed by atoms with Gasteiger partial charge in [-0.25, -0.2) is 22.7 Å². The molecule has 0 unspecified atom stereocenters. The summed E-state index contributed by atoms with van der Waals surface area (Å²) in [6.45, 7) is 5.05. The number of anilines is 1. The van der Waals surface area contributed by atoms with E-state index in [0.717, 1.165) is 12.1 Å². The fraction of sp³-hybridized carbons (Fsp3) is 0.417. The molecule has 112 valence electrons. The zero-order valence-corrected chi connectivity index (χ0v) is 12.3. The second kappa shape index (κ2) is 5.76. The van der Waals surface area contributed by atoms with Crippen molar-refractivity contribution in [1.29, 1.82) is 0 Å². The number of primary sulfonamides is 1. The van der Waals surface area contributed by atoms with Gasteiger partial charge < -0.3 is 4.74 Å². The van der Waals surface area contributed by atoms with Gasteiger partial charge in [0.2, 0.25) is 10.0 Å². The number of amides is 1. The van der Waals surface area contributed by atoms with E-state index in [1.807, 2.05) is 0 Å². The van der Waals surface area contributed by atoms with Crippen LogP contribution in [0.4, 0.5) is 14.9 Å². The van der Waals surface area contributed by atoms with Crippen LogP contribution in [0.25, 0.3) is 0 Å². The number of nitrogens with one attached hydrogen (secondary N) is 1. The Morgan fingerprint density at radius 1 is 1.40 bits per heavy atom.